The minimum atomic E-state index is -0.318. The van der Waals surface area contributed by atoms with Gasteiger partial charge in [-0.25, -0.2) is 0 Å². The number of piperazine rings is 1. The van der Waals surface area contributed by atoms with Crippen LogP contribution in [0.2, 0.25) is 0 Å². The molecule has 2 aliphatic rings. The molecular formula is C17H30N2O2. The Morgan fingerprint density at radius 1 is 1.14 bits per heavy atom. The van der Waals surface area contributed by atoms with E-state index in [1.807, 2.05) is 11.8 Å². The topological polar surface area (TPSA) is 49.4 Å². The first-order chi connectivity index (χ1) is 10.1. The van der Waals surface area contributed by atoms with Gasteiger partial charge in [0.05, 0.1) is 0 Å². The van der Waals surface area contributed by atoms with E-state index in [1.54, 1.807) is 0 Å². The second kappa shape index (κ2) is 7.28. The fourth-order valence-corrected chi connectivity index (χ4v) is 3.74. The molecule has 2 rings (SSSR count). The summed E-state index contributed by atoms with van der Waals surface area (Å²) in [6.45, 7) is 6.16. The average molecular weight is 294 g/mol. The van der Waals surface area contributed by atoms with E-state index < -0.39 is 0 Å². The van der Waals surface area contributed by atoms with Gasteiger partial charge in [-0.05, 0) is 25.2 Å². The molecule has 2 fully saturated rings. The van der Waals surface area contributed by atoms with E-state index >= 15 is 0 Å². The summed E-state index contributed by atoms with van der Waals surface area (Å²) in [5.41, 5.74) is 0. The molecule has 4 heteroatoms. The minimum Gasteiger partial charge on any atom is -0.343 e. The van der Waals surface area contributed by atoms with E-state index in [9.17, 15) is 9.59 Å². The van der Waals surface area contributed by atoms with Gasteiger partial charge in [0.25, 0.3) is 0 Å². The second-order valence-electron chi connectivity index (χ2n) is 6.69. The van der Waals surface area contributed by atoms with E-state index in [-0.39, 0.29) is 35.9 Å². The second-order valence-corrected chi connectivity index (χ2v) is 6.69. The molecule has 0 bridgehead atoms. The molecule has 0 aromatic carbocycles. The van der Waals surface area contributed by atoms with Crippen molar-refractivity contribution in [3.8, 4) is 0 Å². The zero-order chi connectivity index (χ0) is 15.4. The molecule has 120 valence electrons. The maximum Gasteiger partial charge on any atom is 0.246 e. The molecule has 0 radical (unpaired) electrons. The molecule has 0 aromatic rings. The van der Waals surface area contributed by atoms with Crippen molar-refractivity contribution in [3.05, 3.63) is 0 Å². The van der Waals surface area contributed by atoms with Crippen molar-refractivity contribution in [2.75, 3.05) is 0 Å². The van der Waals surface area contributed by atoms with E-state index in [1.165, 1.54) is 25.7 Å². The van der Waals surface area contributed by atoms with E-state index in [4.69, 9.17) is 0 Å². The molecule has 1 N–H and O–H groups in total. The van der Waals surface area contributed by atoms with Crippen LogP contribution in [0.15, 0.2) is 0 Å². The van der Waals surface area contributed by atoms with Crippen LogP contribution in [0.1, 0.15) is 72.1 Å². The van der Waals surface area contributed by atoms with Gasteiger partial charge < -0.3 is 10.2 Å². The summed E-state index contributed by atoms with van der Waals surface area (Å²) in [6.07, 6.45) is 8.60. The van der Waals surface area contributed by atoms with Crippen molar-refractivity contribution in [3.63, 3.8) is 0 Å². The van der Waals surface area contributed by atoms with Gasteiger partial charge in [0.2, 0.25) is 11.8 Å². The molecule has 3 unspecified atom stereocenters. The van der Waals surface area contributed by atoms with Crippen LogP contribution in [0.4, 0.5) is 0 Å². The lowest BCUT2D eigenvalue weighted by atomic mass is 9.90. The van der Waals surface area contributed by atoms with Crippen molar-refractivity contribution in [1.82, 2.24) is 10.2 Å². The van der Waals surface area contributed by atoms with Gasteiger partial charge in [-0.3, -0.25) is 9.59 Å². The van der Waals surface area contributed by atoms with Gasteiger partial charge in [-0.15, -0.1) is 0 Å². The van der Waals surface area contributed by atoms with E-state index in [2.05, 4.69) is 19.2 Å². The zero-order valence-electron chi connectivity index (χ0n) is 13.7. The first-order valence-electron chi connectivity index (χ1n) is 8.72. The first kappa shape index (κ1) is 16.3. The van der Waals surface area contributed by atoms with Crippen LogP contribution >= 0.6 is 0 Å². The fourth-order valence-electron chi connectivity index (χ4n) is 3.74. The summed E-state index contributed by atoms with van der Waals surface area (Å²) in [5.74, 6) is 0.421. The standard InChI is InChI=1S/C17H30N2O2/c1-4-12(3)15-16(20)18-14(5-2)17(21)19(15)13-10-8-6-7-9-11-13/h12-15H,4-11H2,1-3H3,(H,18,20). The Balaban J connectivity index is 2.27. The molecule has 0 aromatic heterocycles. The minimum absolute atomic E-state index is 0.0556. The summed E-state index contributed by atoms with van der Waals surface area (Å²) in [4.78, 5) is 27.4. The number of amides is 2. The summed E-state index contributed by atoms with van der Waals surface area (Å²) in [6, 6.07) is -0.325. The highest BCUT2D eigenvalue weighted by atomic mass is 16.2. The van der Waals surface area contributed by atoms with Gasteiger partial charge >= 0.3 is 0 Å². The predicted molar refractivity (Wildman–Crippen MR) is 83.8 cm³/mol. The SMILES string of the molecule is CCC1NC(=O)C(C(C)CC)N(C2CCCCCC2)C1=O. The monoisotopic (exact) mass is 294 g/mol. The Morgan fingerprint density at radius 3 is 2.29 bits per heavy atom. The van der Waals surface area contributed by atoms with Crippen LogP contribution in [-0.2, 0) is 9.59 Å². The summed E-state index contributed by atoms with van der Waals surface area (Å²) < 4.78 is 0. The van der Waals surface area contributed by atoms with E-state index in [0.717, 1.165) is 19.3 Å². The lowest BCUT2D eigenvalue weighted by molar-refractivity contribution is -0.155. The number of carbonyl (C=O) groups is 2. The van der Waals surface area contributed by atoms with Crippen LogP contribution in [0.5, 0.6) is 0 Å². The lowest BCUT2D eigenvalue weighted by Crippen LogP contribution is -2.67. The van der Waals surface area contributed by atoms with Crippen molar-refractivity contribution < 1.29 is 9.59 Å². The van der Waals surface area contributed by atoms with Crippen LogP contribution in [-0.4, -0.2) is 34.8 Å². The maximum atomic E-state index is 12.9. The third-order valence-corrected chi connectivity index (χ3v) is 5.25. The molecule has 1 aliphatic heterocycles. The third-order valence-electron chi connectivity index (χ3n) is 5.25. The van der Waals surface area contributed by atoms with Crippen LogP contribution < -0.4 is 5.32 Å². The largest absolute Gasteiger partial charge is 0.343 e. The van der Waals surface area contributed by atoms with Crippen molar-refractivity contribution in [1.29, 1.82) is 0 Å². The highest BCUT2D eigenvalue weighted by molar-refractivity contribution is 5.97. The number of carbonyl (C=O) groups excluding carboxylic acids is 2. The van der Waals surface area contributed by atoms with Crippen LogP contribution in [0.25, 0.3) is 0 Å². The first-order valence-corrected chi connectivity index (χ1v) is 8.72. The normalized spacial score (nSPS) is 30.0. The van der Waals surface area contributed by atoms with Crippen molar-refractivity contribution >= 4 is 11.8 Å². The van der Waals surface area contributed by atoms with Gasteiger partial charge in [0.15, 0.2) is 0 Å². The number of rotatable bonds is 4. The molecule has 1 heterocycles. The Labute approximate surface area is 128 Å². The Hall–Kier alpha value is -1.06. The fraction of sp³-hybridized carbons (Fsp3) is 0.882. The number of nitrogens with one attached hydrogen (secondary N) is 1. The summed E-state index contributed by atoms with van der Waals surface area (Å²) in [5, 5.41) is 2.94. The number of hydrogen-bond donors (Lipinski definition) is 1. The Morgan fingerprint density at radius 2 is 1.76 bits per heavy atom. The van der Waals surface area contributed by atoms with Crippen LogP contribution in [0.3, 0.4) is 0 Å². The molecule has 4 nitrogen and oxygen atoms in total. The molecule has 2 amide bonds. The summed E-state index contributed by atoms with van der Waals surface area (Å²) in [7, 11) is 0. The predicted octanol–water partition coefficient (Wildman–Crippen LogP) is 2.86. The van der Waals surface area contributed by atoms with Gasteiger partial charge in [-0.2, -0.15) is 0 Å². The quantitative estimate of drug-likeness (QED) is 0.811. The smallest absolute Gasteiger partial charge is 0.246 e. The number of hydrogen-bond acceptors (Lipinski definition) is 2. The molecule has 1 aliphatic carbocycles. The van der Waals surface area contributed by atoms with Crippen molar-refractivity contribution in [2.24, 2.45) is 5.92 Å². The molecule has 21 heavy (non-hydrogen) atoms. The number of nitrogens with zero attached hydrogens (tertiary/aromatic N) is 1. The van der Waals surface area contributed by atoms with Crippen molar-refractivity contribution in [2.45, 2.75) is 90.3 Å². The van der Waals surface area contributed by atoms with Gasteiger partial charge in [0, 0.05) is 6.04 Å². The average Bonchev–Trinajstić information content (AvgIpc) is 2.76. The third kappa shape index (κ3) is 3.41. The highest BCUT2D eigenvalue weighted by Crippen LogP contribution is 2.29. The zero-order valence-corrected chi connectivity index (χ0v) is 13.7. The maximum absolute atomic E-state index is 12.9. The molecule has 3 atom stereocenters. The molecule has 0 spiro atoms. The highest BCUT2D eigenvalue weighted by Gasteiger charge is 2.44. The molecule has 1 saturated heterocycles. The Bertz CT molecular complexity index is 375. The summed E-state index contributed by atoms with van der Waals surface area (Å²) >= 11 is 0. The molecule has 1 saturated carbocycles. The Kier molecular flexibility index (Phi) is 5.65. The van der Waals surface area contributed by atoms with Gasteiger partial charge in [-0.1, -0.05) is 52.9 Å². The van der Waals surface area contributed by atoms with E-state index in [0.29, 0.717) is 6.42 Å². The lowest BCUT2D eigenvalue weighted by Gasteiger charge is -2.45. The molecular weight excluding hydrogens is 264 g/mol. The van der Waals surface area contributed by atoms with Gasteiger partial charge in [0.1, 0.15) is 12.1 Å². The van der Waals surface area contributed by atoms with Crippen LogP contribution in [0, 0.1) is 5.92 Å².